The smallest absolute Gasteiger partial charge is 0.262 e. The van der Waals surface area contributed by atoms with Gasteiger partial charge in [-0.25, -0.2) is 0 Å². The molecule has 0 atom stereocenters. The molecule has 0 bridgehead atoms. The molecular weight excluding hydrogens is 378 g/mol. The van der Waals surface area contributed by atoms with Crippen LogP contribution in [-0.4, -0.2) is 31.1 Å². The molecule has 1 fully saturated rings. The fourth-order valence-corrected chi connectivity index (χ4v) is 5.41. The maximum Gasteiger partial charge on any atom is 0.262 e. The van der Waals surface area contributed by atoms with Crippen LogP contribution in [-0.2, 0) is 4.79 Å². The molecule has 0 unspecified atom stereocenters. The van der Waals surface area contributed by atoms with Gasteiger partial charge in [-0.15, -0.1) is 23.5 Å². The van der Waals surface area contributed by atoms with Gasteiger partial charge in [0.15, 0.2) is 18.1 Å². The first-order valence-electron chi connectivity index (χ1n) is 7.75. The minimum atomic E-state index is -0.277. The molecule has 1 N–H and O–H groups in total. The maximum absolute atomic E-state index is 12.1. The van der Waals surface area contributed by atoms with Crippen LogP contribution in [0.2, 0.25) is 5.02 Å². The minimum absolute atomic E-state index is 0.117. The van der Waals surface area contributed by atoms with E-state index in [0.717, 1.165) is 11.5 Å². The molecule has 1 amide bonds. The molecule has 1 saturated heterocycles. The first-order chi connectivity index (χ1) is 12.2. The fraction of sp³-hybridized carbons (Fsp3) is 0.278. The van der Waals surface area contributed by atoms with Gasteiger partial charge in [0.1, 0.15) is 0 Å². The number of carbonyl (C=O) groups excluding carboxylic acids is 1. The zero-order valence-electron chi connectivity index (χ0n) is 13.7. The van der Waals surface area contributed by atoms with Crippen molar-refractivity contribution >= 4 is 46.7 Å². The van der Waals surface area contributed by atoms with Crippen molar-refractivity contribution in [3.05, 3.63) is 53.1 Å². The number of rotatable bonds is 6. The highest BCUT2D eigenvalue weighted by molar-refractivity contribution is 8.19. The van der Waals surface area contributed by atoms with Crippen molar-refractivity contribution in [2.45, 2.75) is 4.58 Å². The number of carbonyl (C=O) groups is 1. The number of methoxy groups -OCH3 is 1. The van der Waals surface area contributed by atoms with Gasteiger partial charge in [0.2, 0.25) is 0 Å². The second kappa shape index (κ2) is 8.74. The molecule has 2 aromatic rings. The lowest BCUT2D eigenvalue weighted by atomic mass is 10.2. The fourth-order valence-electron chi connectivity index (χ4n) is 2.39. The number of nitrogens with one attached hydrogen (secondary N) is 1. The van der Waals surface area contributed by atoms with Crippen molar-refractivity contribution in [2.75, 3.05) is 30.5 Å². The summed E-state index contributed by atoms with van der Waals surface area (Å²) in [5, 5.41) is 3.22. The Labute approximate surface area is 160 Å². The van der Waals surface area contributed by atoms with Crippen molar-refractivity contribution in [2.24, 2.45) is 0 Å². The monoisotopic (exact) mass is 395 g/mol. The van der Waals surface area contributed by atoms with Crippen LogP contribution < -0.4 is 14.8 Å². The molecule has 0 aromatic heterocycles. The van der Waals surface area contributed by atoms with Crippen molar-refractivity contribution in [1.29, 1.82) is 0 Å². The van der Waals surface area contributed by atoms with E-state index in [1.165, 1.54) is 5.56 Å². The molecule has 132 valence electrons. The molecule has 1 heterocycles. The highest BCUT2D eigenvalue weighted by atomic mass is 35.5. The van der Waals surface area contributed by atoms with Crippen molar-refractivity contribution in [3.63, 3.8) is 0 Å². The molecule has 1 aliphatic heterocycles. The number of thioether (sulfide) groups is 2. The van der Waals surface area contributed by atoms with Crippen LogP contribution in [0.5, 0.6) is 11.5 Å². The summed E-state index contributed by atoms with van der Waals surface area (Å²) in [4.78, 5) is 12.1. The van der Waals surface area contributed by atoms with Crippen molar-refractivity contribution in [1.82, 2.24) is 0 Å². The summed E-state index contributed by atoms with van der Waals surface area (Å²) in [5.41, 5.74) is 1.77. The van der Waals surface area contributed by atoms with E-state index in [-0.39, 0.29) is 12.5 Å². The van der Waals surface area contributed by atoms with Crippen LogP contribution in [0.15, 0.2) is 42.5 Å². The number of para-hydroxylation sites is 1. The third-order valence-corrected chi connectivity index (χ3v) is 7.02. The molecular formula is C18H18ClNO3S2. The van der Waals surface area contributed by atoms with Crippen molar-refractivity contribution in [3.8, 4) is 11.5 Å². The predicted octanol–water partition coefficient (Wildman–Crippen LogP) is 4.84. The lowest BCUT2D eigenvalue weighted by Crippen LogP contribution is -2.20. The van der Waals surface area contributed by atoms with E-state index in [1.54, 1.807) is 19.2 Å². The number of ether oxygens (including phenoxy) is 2. The Morgan fingerprint density at radius 3 is 2.68 bits per heavy atom. The van der Waals surface area contributed by atoms with Crippen LogP contribution in [0.3, 0.4) is 0 Å². The van der Waals surface area contributed by atoms with Crippen LogP contribution in [0.4, 0.5) is 5.69 Å². The van der Waals surface area contributed by atoms with Gasteiger partial charge in [-0.2, -0.15) is 0 Å². The Kier molecular flexibility index (Phi) is 6.39. The summed E-state index contributed by atoms with van der Waals surface area (Å²) >= 11 is 9.90. The Morgan fingerprint density at radius 1 is 1.20 bits per heavy atom. The van der Waals surface area contributed by atoms with E-state index in [0.29, 0.717) is 26.8 Å². The molecule has 0 spiro atoms. The SMILES string of the molecule is COc1cc(C2SCCS2)ccc1OCC(=O)Nc1ccccc1Cl. The number of benzene rings is 2. The molecule has 2 aromatic carbocycles. The number of amides is 1. The maximum atomic E-state index is 12.1. The quantitative estimate of drug-likeness (QED) is 0.757. The zero-order chi connectivity index (χ0) is 17.6. The summed E-state index contributed by atoms with van der Waals surface area (Å²) in [6.07, 6.45) is 0. The third-order valence-electron chi connectivity index (χ3n) is 3.59. The van der Waals surface area contributed by atoms with E-state index in [1.807, 2.05) is 53.9 Å². The van der Waals surface area contributed by atoms with Crippen molar-refractivity contribution < 1.29 is 14.3 Å². The van der Waals surface area contributed by atoms with Gasteiger partial charge in [-0.05, 0) is 29.8 Å². The summed E-state index contributed by atoms with van der Waals surface area (Å²) in [7, 11) is 1.60. The molecule has 3 rings (SSSR count). The average molecular weight is 396 g/mol. The topological polar surface area (TPSA) is 47.6 Å². The van der Waals surface area contributed by atoms with E-state index < -0.39 is 0 Å². The van der Waals surface area contributed by atoms with E-state index in [2.05, 4.69) is 5.32 Å². The second-order valence-corrected chi connectivity index (χ2v) is 8.43. The minimum Gasteiger partial charge on any atom is -0.493 e. The lowest BCUT2D eigenvalue weighted by molar-refractivity contribution is -0.118. The number of hydrogen-bond donors (Lipinski definition) is 1. The Morgan fingerprint density at radius 2 is 1.96 bits per heavy atom. The highest BCUT2D eigenvalue weighted by Crippen LogP contribution is 2.46. The molecule has 4 nitrogen and oxygen atoms in total. The van der Waals surface area contributed by atoms with Crippen LogP contribution >= 0.6 is 35.1 Å². The molecule has 0 radical (unpaired) electrons. The van der Waals surface area contributed by atoms with Crippen LogP contribution in [0, 0.1) is 0 Å². The molecule has 25 heavy (non-hydrogen) atoms. The highest BCUT2D eigenvalue weighted by Gasteiger charge is 2.20. The largest absolute Gasteiger partial charge is 0.493 e. The Hall–Kier alpha value is -1.50. The van der Waals surface area contributed by atoms with Gasteiger partial charge in [0, 0.05) is 11.5 Å². The summed E-state index contributed by atoms with van der Waals surface area (Å²) < 4.78 is 11.5. The van der Waals surface area contributed by atoms with Gasteiger partial charge in [0.05, 0.1) is 22.4 Å². The average Bonchev–Trinajstić information content (AvgIpc) is 3.16. The molecule has 1 aliphatic rings. The Balaban J connectivity index is 1.62. The van der Waals surface area contributed by atoms with Crippen LogP contribution in [0.25, 0.3) is 0 Å². The van der Waals surface area contributed by atoms with Crippen LogP contribution in [0.1, 0.15) is 10.1 Å². The van der Waals surface area contributed by atoms with E-state index in [9.17, 15) is 4.79 Å². The van der Waals surface area contributed by atoms with Gasteiger partial charge in [0.25, 0.3) is 5.91 Å². The summed E-state index contributed by atoms with van der Waals surface area (Å²) in [5.74, 6) is 3.24. The first-order valence-corrected chi connectivity index (χ1v) is 10.2. The predicted molar refractivity (Wildman–Crippen MR) is 106 cm³/mol. The normalized spacial score (nSPS) is 14.3. The number of halogens is 1. The standard InChI is InChI=1S/C18H18ClNO3S2/c1-22-16-10-12(18-24-8-9-25-18)6-7-15(16)23-11-17(21)20-14-5-3-2-4-13(14)19/h2-7,10,18H,8-9,11H2,1H3,(H,20,21). The third kappa shape index (κ3) is 4.77. The summed E-state index contributed by atoms with van der Waals surface area (Å²) in [6, 6.07) is 12.9. The van der Waals surface area contributed by atoms with Gasteiger partial charge in [-0.3, -0.25) is 4.79 Å². The van der Waals surface area contributed by atoms with Gasteiger partial charge >= 0.3 is 0 Å². The number of anilines is 1. The Bertz CT molecular complexity index is 751. The molecule has 0 saturated carbocycles. The molecule has 7 heteroatoms. The molecule has 0 aliphatic carbocycles. The van der Waals surface area contributed by atoms with Gasteiger partial charge in [-0.1, -0.05) is 29.8 Å². The first kappa shape index (κ1) is 18.3. The number of hydrogen-bond acceptors (Lipinski definition) is 5. The zero-order valence-corrected chi connectivity index (χ0v) is 16.0. The van der Waals surface area contributed by atoms with E-state index >= 15 is 0 Å². The van der Waals surface area contributed by atoms with E-state index in [4.69, 9.17) is 21.1 Å². The van der Waals surface area contributed by atoms with Gasteiger partial charge < -0.3 is 14.8 Å². The lowest BCUT2D eigenvalue weighted by Gasteiger charge is -2.14. The summed E-state index contributed by atoms with van der Waals surface area (Å²) in [6.45, 7) is -0.117. The second-order valence-electron chi connectivity index (χ2n) is 5.30.